The third kappa shape index (κ3) is 59.6. The van der Waals surface area contributed by atoms with Crippen LogP contribution in [0.3, 0.4) is 0 Å². The Hall–Kier alpha value is -6.11. The van der Waals surface area contributed by atoms with E-state index in [9.17, 15) is 52.7 Å². The molecule has 0 aromatic rings. The van der Waals surface area contributed by atoms with Crippen LogP contribution < -0.4 is 99.0 Å². The first-order valence-corrected chi connectivity index (χ1v) is 41.0. The van der Waals surface area contributed by atoms with E-state index in [0.717, 1.165) is 180 Å². The van der Waals surface area contributed by atoms with Gasteiger partial charge in [-0.2, -0.15) is 0 Å². The quantitative estimate of drug-likeness (QED) is 0.0378. The Bertz CT molecular complexity index is 2290. The molecule has 105 heavy (non-hydrogen) atoms. The molecule has 0 spiro atoms. The summed E-state index contributed by atoms with van der Waals surface area (Å²) >= 11 is 0. The molecule has 610 valence electrons. The van der Waals surface area contributed by atoms with Gasteiger partial charge >= 0.3 is 0 Å². The van der Waals surface area contributed by atoms with E-state index in [4.69, 9.17) is 45.9 Å². The van der Waals surface area contributed by atoms with E-state index in [0.29, 0.717) is 200 Å². The number of carbonyl (C=O) groups excluding carboxylic acids is 11. The molecule has 0 aliphatic carbocycles. The SMILES string of the molecule is NCCCCC(N)C(=O)NCCCCCCCC(=O)NC(CCCCN)C(=O)NCCCCCCCC(=O)NC(CCCCN)C(=O)NCCCCCCCC(=O)NC(CCCCN)C(=O)NCCCCCCCC(=O)NC(CCCCN)C(=O)NCCCCCCCC(=O)NC(CCCCN)C(N)=O. The Kier molecular flexibility index (Phi) is 66.7. The zero-order valence-electron chi connectivity index (χ0n) is 64.8. The van der Waals surface area contributed by atoms with E-state index in [-0.39, 0.29) is 59.1 Å². The van der Waals surface area contributed by atoms with Crippen LogP contribution in [-0.2, 0) is 52.7 Å². The van der Waals surface area contributed by atoms with Gasteiger partial charge in [-0.05, 0) is 213 Å². The predicted octanol–water partition coefficient (Wildman–Crippen LogP) is 4.28. The summed E-state index contributed by atoms with van der Waals surface area (Å²) in [5, 5.41) is 29.3. The number of nitrogens with one attached hydrogen (secondary N) is 10. The summed E-state index contributed by atoms with van der Waals surface area (Å²) in [7, 11) is 0. The highest BCUT2D eigenvalue weighted by Crippen LogP contribution is 2.14. The molecule has 6 atom stereocenters. The van der Waals surface area contributed by atoms with Gasteiger partial charge in [-0.25, -0.2) is 0 Å². The van der Waals surface area contributed by atoms with E-state index in [2.05, 4.69) is 53.2 Å². The topological polar surface area (TPSA) is 516 Å². The fourth-order valence-corrected chi connectivity index (χ4v) is 12.2. The summed E-state index contributed by atoms with van der Waals surface area (Å²) in [5.41, 5.74) is 45.3. The Morgan fingerprint density at radius 1 is 0.210 bits per heavy atom. The fourth-order valence-electron chi connectivity index (χ4n) is 12.2. The van der Waals surface area contributed by atoms with Gasteiger partial charge in [0.2, 0.25) is 65.0 Å². The summed E-state index contributed by atoms with van der Waals surface area (Å²) in [6.07, 6.45) is 33.8. The van der Waals surface area contributed by atoms with E-state index in [1.165, 1.54) is 0 Å². The van der Waals surface area contributed by atoms with Gasteiger partial charge in [0.1, 0.15) is 30.2 Å². The summed E-state index contributed by atoms with van der Waals surface area (Å²) in [6.45, 7) is 5.56. The molecule has 0 aliphatic heterocycles. The number of unbranched alkanes of at least 4 members (excludes halogenated alkanes) is 26. The van der Waals surface area contributed by atoms with Crippen LogP contribution in [0.2, 0.25) is 0 Å². The van der Waals surface area contributed by atoms with E-state index in [1.54, 1.807) is 0 Å². The number of rotatable bonds is 75. The first-order valence-electron chi connectivity index (χ1n) is 41.0. The third-order valence-corrected chi connectivity index (χ3v) is 18.7. The minimum absolute atomic E-state index is 0.131. The van der Waals surface area contributed by atoms with Crippen molar-refractivity contribution in [3.8, 4) is 0 Å². The third-order valence-electron chi connectivity index (χ3n) is 18.7. The van der Waals surface area contributed by atoms with Crippen molar-refractivity contribution in [2.24, 2.45) is 45.9 Å². The van der Waals surface area contributed by atoms with Crippen molar-refractivity contribution in [1.29, 1.82) is 0 Å². The molecule has 11 amide bonds. The average Bonchev–Trinajstić information content (AvgIpc) is 1.00. The molecule has 26 N–H and O–H groups in total. The number of hydrogen-bond donors (Lipinski definition) is 18. The molecule has 0 saturated heterocycles. The van der Waals surface area contributed by atoms with E-state index in [1.807, 2.05) is 0 Å². The van der Waals surface area contributed by atoms with Gasteiger partial charge in [0, 0.05) is 64.8 Å². The molecule has 29 heteroatoms. The van der Waals surface area contributed by atoms with Crippen LogP contribution in [-0.4, -0.2) is 173 Å². The van der Waals surface area contributed by atoms with Crippen molar-refractivity contribution in [2.45, 2.75) is 344 Å². The van der Waals surface area contributed by atoms with Gasteiger partial charge in [-0.15, -0.1) is 0 Å². The van der Waals surface area contributed by atoms with Gasteiger partial charge in [0.25, 0.3) is 0 Å². The van der Waals surface area contributed by atoms with Crippen molar-refractivity contribution in [3.63, 3.8) is 0 Å². The predicted molar refractivity (Wildman–Crippen MR) is 418 cm³/mol. The van der Waals surface area contributed by atoms with Gasteiger partial charge < -0.3 is 99.0 Å². The molecule has 0 heterocycles. The van der Waals surface area contributed by atoms with Gasteiger partial charge in [0.05, 0.1) is 6.04 Å². The lowest BCUT2D eigenvalue weighted by Crippen LogP contribution is -2.47. The Morgan fingerprint density at radius 2 is 0.390 bits per heavy atom. The van der Waals surface area contributed by atoms with Crippen molar-refractivity contribution in [1.82, 2.24) is 53.2 Å². The number of hydrogen-bond acceptors (Lipinski definition) is 18. The maximum atomic E-state index is 13.3. The first-order chi connectivity index (χ1) is 50.9. The Morgan fingerprint density at radius 3 is 0.610 bits per heavy atom. The molecule has 0 aromatic carbocycles. The van der Waals surface area contributed by atoms with Crippen LogP contribution in [0.4, 0.5) is 0 Å². The fraction of sp³-hybridized carbons (Fsp3) is 0.855. The summed E-state index contributed by atoms with van der Waals surface area (Å²) < 4.78 is 0. The highest BCUT2D eigenvalue weighted by atomic mass is 16.2. The molecule has 0 aliphatic rings. The molecular formula is C76H150N18O11. The van der Waals surface area contributed by atoms with Crippen molar-refractivity contribution in [3.05, 3.63) is 0 Å². The largest absolute Gasteiger partial charge is 0.368 e. The van der Waals surface area contributed by atoms with Gasteiger partial charge in [-0.1, -0.05) is 103 Å². The molecule has 0 aromatic heterocycles. The summed E-state index contributed by atoms with van der Waals surface area (Å²) in [4.78, 5) is 141. The van der Waals surface area contributed by atoms with Crippen molar-refractivity contribution in [2.75, 3.05) is 72.0 Å². The van der Waals surface area contributed by atoms with Crippen LogP contribution in [0.25, 0.3) is 0 Å². The zero-order valence-corrected chi connectivity index (χ0v) is 64.8. The van der Waals surface area contributed by atoms with Gasteiger partial charge in [0.15, 0.2) is 0 Å². The smallest absolute Gasteiger partial charge is 0.242 e. The molecule has 0 radical (unpaired) electrons. The second-order valence-electron chi connectivity index (χ2n) is 28.4. The normalized spacial score (nSPS) is 12.9. The molecule has 0 saturated carbocycles. The van der Waals surface area contributed by atoms with Crippen LogP contribution in [0.1, 0.15) is 308 Å². The highest BCUT2D eigenvalue weighted by molar-refractivity contribution is 5.90. The van der Waals surface area contributed by atoms with Crippen LogP contribution >= 0.6 is 0 Å². The highest BCUT2D eigenvalue weighted by Gasteiger charge is 2.25. The lowest BCUT2D eigenvalue weighted by Gasteiger charge is -2.19. The lowest BCUT2D eigenvalue weighted by molar-refractivity contribution is -0.129. The van der Waals surface area contributed by atoms with E-state index < -0.39 is 42.2 Å². The maximum absolute atomic E-state index is 13.3. The molecular weight excluding hydrogens is 1340 g/mol. The summed E-state index contributed by atoms with van der Waals surface area (Å²) in [5.74, 6) is -2.38. The second-order valence-corrected chi connectivity index (χ2v) is 28.4. The van der Waals surface area contributed by atoms with Crippen LogP contribution in [0.5, 0.6) is 0 Å². The second kappa shape index (κ2) is 70.8. The Labute approximate surface area is 630 Å². The lowest BCUT2D eigenvalue weighted by atomic mass is 10.1. The maximum Gasteiger partial charge on any atom is 0.242 e. The van der Waals surface area contributed by atoms with Crippen LogP contribution in [0.15, 0.2) is 0 Å². The van der Waals surface area contributed by atoms with Crippen molar-refractivity contribution >= 4 is 65.0 Å². The number of nitrogens with two attached hydrogens (primary N) is 8. The number of carbonyl (C=O) groups is 11. The average molecular weight is 1490 g/mol. The standard InChI is InChI=1S/C76H150N18O11/c77-49-27-21-38-60(83)72(101)85-55-33-11-1-7-17-45-67(96)91-62(40-23-29-51-79)74(103)87-57-35-13-3-9-19-47-69(98)93-64(42-25-31-53-81)76(105)89-59-37-15-5-10-20-48-70(99)94-65(43-26-32-54-82)75(104)88-58-36-14-4-8-18-46-68(97)92-63(41-24-30-52-80)73(102)86-56-34-12-2-6-16-44-66(95)90-61(71(84)100)39-22-28-50-78/h60-65H,1-59,77-83H2,(H2,84,100)(H,85,101)(H,86,102)(H,87,103)(H,88,104)(H,89,105)(H,90,95)(H,91,96)(H,92,97)(H,93,98)(H,94,99). The Balaban J connectivity index is 4.56. The molecule has 6 unspecified atom stereocenters. The first kappa shape index (κ1) is 98.9. The number of amides is 11. The molecule has 29 nitrogen and oxygen atoms in total. The molecule has 0 bridgehead atoms. The van der Waals surface area contributed by atoms with E-state index >= 15 is 0 Å². The monoisotopic (exact) mass is 1490 g/mol. The minimum Gasteiger partial charge on any atom is -0.368 e. The van der Waals surface area contributed by atoms with Gasteiger partial charge in [-0.3, -0.25) is 52.7 Å². The minimum atomic E-state index is -0.681. The van der Waals surface area contributed by atoms with Crippen LogP contribution in [0, 0.1) is 0 Å². The number of primary amides is 1. The molecule has 0 rings (SSSR count). The summed E-state index contributed by atoms with van der Waals surface area (Å²) in [6, 6.07) is -3.76. The molecule has 0 fully saturated rings. The van der Waals surface area contributed by atoms with Crippen molar-refractivity contribution < 1.29 is 52.7 Å². The zero-order chi connectivity index (χ0) is 77.6.